The Balaban J connectivity index is 2.77. The third kappa shape index (κ3) is 2.39. The van der Waals surface area contributed by atoms with Crippen LogP contribution < -0.4 is 11.3 Å². The highest BCUT2D eigenvalue weighted by Crippen LogP contribution is 2.15. The highest BCUT2D eigenvalue weighted by molar-refractivity contribution is 6.30. The van der Waals surface area contributed by atoms with Crippen LogP contribution in [0.1, 0.15) is 21.6 Å². The lowest BCUT2D eigenvalue weighted by Gasteiger charge is -2.13. The van der Waals surface area contributed by atoms with Crippen LogP contribution in [0.5, 0.6) is 0 Å². The van der Waals surface area contributed by atoms with Gasteiger partial charge >= 0.3 is 0 Å². The Kier molecular flexibility index (Phi) is 3.44. The maximum Gasteiger partial charge on any atom is 0.268 e. The number of halogens is 1. The van der Waals surface area contributed by atoms with E-state index in [9.17, 15) is 9.59 Å². The van der Waals surface area contributed by atoms with Gasteiger partial charge < -0.3 is 5.73 Å². The lowest BCUT2D eigenvalue weighted by atomic mass is 10.1. The van der Waals surface area contributed by atoms with E-state index >= 15 is 0 Å². The summed E-state index contributed by atoms with van der Waals surface area (Å²) in [5.41, 5.74) is 6.83. The Morgan fingerprint density at radius 3 is 2.32 bits per heavy atom. The third-order valence-electron chi connectivity index (χ3n) is 2.92. The molecule has 1 aromatic heterocycles. The average Bonchev–Trinajstić information content (AvgIpc) is 2.30. The summed E-state index contributed by atoms with van der Waals surface area (Å²) < 4.78 is 1.45. The van der Waals surface area contributed by atoms with Gasteiger partial charge in [0.25, 0.3) is 11.5 Å². The fourth-order valence-electron chi connectivity index (χ4n) is 2.10. The van der Waals surface area contributed by atoms with E-state index in [1.165, 1.54) is 4.57 Å². The van der Waals surface area contributed by atoms with Crippen LogP contribution in [-0.2, 0) is 0 Å². The van der Waals surface area contributed by atoms with E-state index < -0.39 is 11.5 Å². The molecule has 0 fully saturated rings. The first-order chi connectivity index (χ1) is 8.91. The predicted molar refractivity (Wildman–Crippen MR) is 75.0 cm³/mol. The molecule has 0 saturated carbocycles. The maximum absolute atomic E-state index is 12.4. The van der Waals surface area contributed by atoms with Crippen molar-refractivity contribution in [2.75, 3.05) is 0 Å². The van der Waals surface area contributed by atoms with Crippen molar-refractivity contribution in [3.8, 4) is 5.69 Å². The number of primary amides is 1. The minimum Gasteiger partial charge on any atom is -0.365 e. The van der Waals surface area contributed by atoms with E-state index in [4.69, 9.17) is 17.3 Å². The molecule has 0 aliphatic carbocycles. The lowest BCUT2D eigenvalue weighted by molar-refractivity contribution is 0.0998. The molecule has 19 heavy (non-hydrogen) atoms. The first-order valence-electron chi connectivity index (χ1n) is 5.71. The quantitative estimate of drug-likeness (QED) is 0.914. The molecular weight excluding hydrogens is 264 g/mol. The van der Waals surface area contributed by atoms with E-state index in [0.717, 1.165) is 5.69 Å². The van der Waals surface area contributed by atoms with E-state index in [0.29, 0.717) is 16.3 Å². The number of benzene rings is 1. The van der Waals surface area contributed by atoms with Crippen molar-refractivity contribution in [2.24, 2.45) is 5.73 Å². The van der Waals surface area contributed by atoms with E-state index in [-0.39, 0.29) is 5.56 Å². The van der Waals surface area contributed by atoms with Crippen molar-refractivity contribution >= 4 is 17.5 Å². The molecular formula is C14H13ClN2O2. The minimum absolute atomic E-state index is 0.0144. The molecule has 1 heterocycles. The zero-order valence-electron chi connectivity index (χ0n) is 10.6. The van der Waals surface area contributed by atoms with Crippen LogP contribution in [0.4, 0.5) is 0 Å². The van der Waals surface area contributed by atoms with Gasteiger partial charge in [0.15, 0.2) is 0 Å². The van der Waals surface area contributed by atoms with Crippen molar-refractivity contribution in [2.45, 2.75) is 13.8 Å². The zero-order valence-corrected chi connectivity index (χ0v) is 11.4. The second-order valence-corrected chi connectivity index (χ2v) is 4.76. The molecule has 0 aliphatic rings. The Labute approximate surface area is 115 Å². The van der Waals surface area contributed by atoms with Crippen molar-refractivity contribution in [1.82, 2.24) is 4.57 Å². The topological polar surface area (TPSA) is 65.1 Å². The second kappa shape index (κ2) is 4.90. The fourth-order valence-corrected chi connectivity index (χ4v) is 2.23. The molecule has 0 radical (unpaired) electrons. The number of carbonyl (C=O) groups is 1. The number of carbonyl (C=O) groups excluding carboxylic acids is 1. The van der Waals surface area contributed by atoms with Crippen LogP contribution >= 0.6 is 11.6 Å². The van der Waals surface area contributed by atoms with Crippen LogP contribution in [0.15, 0.2) is 35.1 Å². The summed E-state index contributed by atoms with van der Waals surface area (Å²) in [6, 6.07) is 8.57. The minimum atomic E-state index is -0.717. The highest BCUT2D eigenvalue weighted by Gasteiger charge is 2.15. The normalized spacial score (nSPS) is 10.5. The van der Waals surface area contributed by atoms with Gasteiger partial charge in [-0.05, 0) is 49.7 Å². The molecule has 1 amide bonds. The van der Waals surface area contributed by atoms with Gasteiger partial charge in [-0.1, -0.05) is 11.6 Å². The van der Waals surface area contributed by atoms with Crippen LogP contribution in [0, 0.1) is 13.8 Å². The summed E-state index contributed by atoms with van der Waals surface area (Å²) in [6.07, 6.45) is 0. The molecule has 0 saturated heterocycles. The standard InChI is InChI=1S/C14H13ClN2O2/c1-8-7-9(2)17(14(19)12(8)13(16)18)11-5-3-10(15)4-6-11/h3-7H,1-2H3,(H2,16,18). The molecule has 5 heteroatoms. The SMILES string of the molecule is Cc1cc(C)n(-c2ccc(Cl)cc2)c(=O)c1C(N)=O. The van der Waals surface area contributed by atoms with Crippen molar-refractivity contribution < 1.29 is 4.79 Å². The first kappa shape index (κ1) is 13.4. The highest BCUT2D eigenvalue weighted by atomic mass is 35.5. The molecule has 98 valence electrons. The van der Waals surface area contributed by atoms with Gasteiger partial charge in [-0.2, -0.15) is 0 Å². The number of aromatic nitrogens is 1. The number of hydrogen-bond donors (Lipinski definition) is 1. The number of nitrogens with two attached hydrogens (primary N) is 1. The molecule has 1 aromatic carbocycles. The summed E-state index contributed by atoms with van der Waals surface area (Å²) in [7, 11) is 0. The average molecular weight is 277 g/mol. The summed E-state index contributed by atoms with van der Waals surface area (Å²) in [5, 5.41) is 0.580. The fraction of sp³-hybridized carbons (Fsp3) is 0.143. The maximum atomic E-state index is 12.4. The Morgan fingerprint density at radius 2 is 1.79 bits per heavy atom. The van der Waals surface area contributed by atoms with E-state index in [1.807, 2.05) is 0 Å². The van der Waals surface area contributed by atoms with Crippen LogP contribution in [0.3, 0.4) is 0 Å². The smallest absolute Gasteiger partial charge is 0.268 e. The summed E-state index contributed by atoms with van der Waals surface area (Å²) >= 11 is 5.82. The third-order valence-corrected chi connectivity index (χ3v) is 3.17. The molecule has 0 unspecified atom stereocenters. The predicted octanol–water partition coefficient (Wildman–Crippen LogP) is 2.21. The van der Waals surface area contributed by atoms with Gasteiger partial charge in [-0.25, -0.2) is 0 Å². The van der Waals surface area contributed by atoms with Crippen LogP contribution in [-0.4, -0.2) is 10.5 Å². The van der Waals surface area contributed by atoms with Gasteiger partial charge in [0.05, 0.1) is 0 Å². The van der Waals surface area contributed by atoms with E-state index in [1.54, 1.807) is 44.2 Å². The number of nitrogens with zero attached hydrogens (tertiary/aromatic N) is 1. The van der Waals surface area contributed by atoms with Crippen molar-refractivity contribution in [1.29, 1.82) is 0 Å². The van der Waals surface area contributed by atoms with E-state index in [2.05, 4.69) is 0 Å². The van der Waals surface area contributed by atoms with Gasteiger partial charge in [0.2, 0.25) is 0 Å². The van der Waals surface area contributed by atoms with Gasteiger partial charge in [-0.3, -0.25) is 14.2 Å². The largest absolute Gasteiger partial charge is 0.365 e. The molecule has 2 N–H and O–H groups in total. The molecule has 4 nitrogen and oxygen atoms in total. The lowest BCUT2D eigenvalue weighted by Crippen LogP contribution is -2.31. The number of amides is 1. The van der Waals surface area contributed by atoms with Gasteiger partial charge in [0, 0.05) is 16.4 Å². The monoisotopic (exact) mass is 276 g/mol. The molecule has 0 spiro atoms. The first-order valence-corrected chi connectivity index (χ1v) is 6.08. The summed E-state index contributed by atoms with van der Waals surface area (Å²) in [5.74, 6) is -0.717. The number of hydrogen-bond acceptors (Lipinski definition) is 2. The summed E-state index contributed by atoms with van der Waals surface area (Å²) in [6.45, 7) is 3.49. The molecule has 0 atom stereocenters. The number of rotatable bonds is 2. The Morgan fingerprint density at radius 1 is 1.21 bits per heavy atom. The molecule has 2 aromatic rings. The van der Waals surface area contributed by atoms with Crippen LogP contribution in [0.25, 0.3) is 5.69 Å². The van der Waals surface area contributed by atoms with Crippen molar-refractivity contribution in [3.05, 3.63) is 62.5 Å². The van der Waals surface area contributed by atoms with Crippen molar-refractivity contribution in [3.63, 3.8) is 0 Å². The number of pyridine rings is 1. The molecule has 2 rings (SSSR count). The number of aryl methyl sites for hydroxylation is 2. The molecule has 0 aliphatic heterocycles. The zero-order chi connectivity index (χ0) is 14.2. The summed E-state index contributed by atoms with van der Waals surface area (Å²) in [4.78, 5) is 23.7. The molecule has 0 bridgehead atoms. The van der Waals surface area contributed by atoms with Gasteiger partial charge in [0.1, 0.15) is 5.56 Å². The second-order valence-electron chi connectivity index (χ2n) is 4.32. The Bertz CT molecular complexity index is 703. The van der Waals surface area contributed by atoms with Gasteiger partial charge in [-0.15, -0.1) is 0 Å². The Hall–Kier alpha value is -2.07. The van der Waals surface area contributed by atoms with Crippen LogP contribution in [0.2, 0.25) is 5.02 Å².